The molecule has 29 heavy (non-hydrogen) atoms. The fourth-order valence-corrected chi connectivity index (χ4v) is 3.77. The minimum Gasteiger partial charge on any atom is -0.550 e. The first-order valence-corrected chi connectivity index (χ1v) is 10.00. The minimum atomic E-state index is -1.09. The molecule has 146 valence electrons. The highest BCUT2D eigenvalue weighted by atomic mass is 32.2. The van der Waals surface area contributed by atoms with Gasteiger partial charge >= 0.3 is 0 Å². The lowest BCUT2D eigenvalue weighted by molar-refractivity contribution is -0.305. The predicted octanol–water partition coefficient (Wildman–Crippen LogP) is 2.63. The Bertz CT molecular complexity index is 1130. The van der Waals surface area contributed by atoms with Gasteiger partial charge in [-0.25, -0.2) is 0 Å². The SMILES string of the molecule is O=C([O-])CCSc1nnc(COc2cccc3cccnc23)n1-c1ccccc1. The van der Waals surface area contributed by atoms with Gasteiger partial charge in [0.25, 0.3) is 0 Å². The lowest BCUT2D eigenvalue weighted by Gasteiger charge is -2.12. The molecule has 0 spiro atoms. The first-order valence-electron chi connectivity index (χ1n) is 9.01. The third kappa shape index (κ3) is 4.38. The molecule has 0 aliphatic carbocycles. The number of aromatic nitrogens is 4. The summed E-state index contributed by atoms with van der Waals surface area (Å²) < 4.78 is 7.90. The molecule has 8 heteroatoms. The van der Waals surface area contributed by atoms with Crippen molar-refractivity contribution in [2.45, 2.75) is 18.2 Å². The first kappa shape index (κ1) is 18.9. The van der Waals surface area contributed by atoms with Crippen LogP contribution in [0.5, 0.6) is 5.75 Å². The highest BCUT2D eigenvalue weighted by Crippen LogP contribution is 2.26. The number of hydrogen-bond donors (Lipinski definition) is 0. The van der Waals surface area contributed by atoms with E-state index in [4.69, 9.17) is 4.74 Å². The van der Waals surface area contributed by atoms with Gasteiger partial charge in [0, 0.05) is 29.0 Å². The van der Waals surface area contributed by atoms with Gasteiger partial charge in [-0.2, -0.15) is 0 Å². The maximum Gasteiger partial charge on any atom is 0.195 e. The fraction of sp³-hybridized carbons (Fsp3) is 0.143. The van der Waals surface area contributed by atoms with Crippen molar-refractivity contribution in [1.29, 1.82) is 0 Å². The number of thioether (sulfide) groups is 1. The zero-order valence-corrected chi connectivity index (χ0v) is 16.2. The third-order valence-corrected chi connectivity index (χ3v) is 5.14. The quantitative estimate of drug-likeness (QED) is 0.416. The summed E-state index contributed by atoms with van der Waals surface area (Å²) in [5, 5.41) is 20.8. The van der Waals surface area contributed by atoms with E-state index in [-0.39, 0.29) is 13.0 Å². The summed E-state index contributed by atoms with van der Waals surface area (Å²) in [4.78, 5) is 15.1. The highest BCUT2D eigenvalue weighted by Gasteiger charge is 2.15. The molecular weight excluding hydrogens is 388 g/mol. The number of benzene rings is 2. The van der Waals surface area contributed by atoms with Gasteiger partial charge in [0.15, 0.2) is 11.0 Å². The van der Waals surface area contributed by atoms with Crippen LogP contribution in [0.2, 0.25) is 0 Å². The van der Waals surface area contributed by atoms with Gasteiger partial charge in [-0.15, -0.1) is 10.2 Å². The predicted molar refractivity (Wildman–Crippen MR) is 108 cm³/mol. The molecule has 4 rings (SSSR count). The Hall–Kier alpha value is -3.39. The van der Waals surface area contributed by atoms with Gasteiger partial charge in [0.2, 0.25) is 0 Å². The molecule has 0 saturated heterocycles. The van der Waals surface area contributed by atoms with Gasteiger partial charge in [-0.05, 0) is 30.7 Å². The van der Waals surface area contributed by atoms with Crippen LogP contribution in [0, 0.1) is 0 Å². The molecule has 0 fully saturated rings. The summed E-state index contributed by atoms with van der Waals surface area (Å²) in [5.74, 6) is 0.536. The first-order chi connectivity index (χ1) is 14.2. The van der Waals surface area contributed by atoms with Crippen molar-refractivity contribution >= 4 is 28.6 Å². The van der Waals surface area contributed by atoms with Crippen LogP contribution < -0.4 is 9.84 Å². The van der Waals surface area contributed by atoms with Gasteiger partial charge < -0.3 is 14.6 Å². The molecule has 0 saturated carbocycles. The van der Waals surface area contributed by atoms with E-state index in [1.165, 1.54) is 11.8 Å². The number of pyridine rings is 1. The summed E-state index contributed by atoms with van der Waals surface area (Å²) >= 11 is 1.32. The Balaban J connectivity index is 1.61. The van der Waals surface area contributed by atoms with E-state index in [2.05, 4.69) is 15.2 Å². The lowest BCUT2D eigenvalue weighted by Crippen LogP contribution is -2.22. The molecule has 0 aliphatic heterocycles. The molecule has 2 heterocycles. The fourth-order valence-electron chi connectivity index (χ4n) is 2.88. The number of nitrogens with zero attached hydrogens (tertiary/aromatic N) is 4. The Labute approximate surface area is 171 Å². The zero-order chi connectivity index (χ0) is 20.1. The van der Waals surface area contributed by atoms with Crippen LogP contribution in [0.15, 0.2) is 72.0 Å². The van der Waals surface area contributed by atoms with Crippen molar-refractivity contribution in [1.82, 2.24) is 19.7 Å². The number of carbonyl (C=O) groups is 1. The topological polar surface area (TPSA) is 93.0 Å². The van der Waals surface area contributed by atoms with Crippen LogP contribution in [0.25, 0.3) is 16.6 Å². The lowest BCUT2D eigenvalue weighted by atomic mass is 10.2. The summed E-state index contributed by atoms with van der Waals surface area (Å²) in [7, 11) is 0. The molecular formula is C21H17N4O3S-. The summed E-state index contributed by atoms with van der Waals surface area (Å²) in [6.07, 6.45) is 1.67. The van der Waals surface area contributed by atoms with E-state index < -0.39 is 5.97 Å². The summed E-state index contributed by atoms with van der Waals surface area (Å²) in [6, 6.07) is 19.3. The molecule has 0 amide bonds. The zero-order valence-electron chi connectivity index (χ0n) is 15.4. The van der Waals surface area contributed by atoms with Crippen molar-refractivity contribution in [2.24, 2.45) is 0 Å². The molecule has 0 unspecified atom stereocenters. The largest absolute Gasteiger partial charge is 0.550 e. The molecule has 0 bridgehead atoms. The normalized spacial score (nSPS) is 10.9. The summed E-state index contributed by atoms with van der Waals surface area (Å²) in [6.45, 7) is 0.193. The van der Waals surface area contributed by atoms with Crippen molar-refractivity contribution in [3.05, 3.63) is 72.7 Å². The molecule has 7 nitrogen and oxygen atoms in total. The number of carboxylic acid groups (broad SMARTS) is 1. The second kappa shape index (κ2) is 8.74. The van der Waals surface area contributed by atoms with Crippen molar-refractivity contribution in [2.75, 3.05) is 5.75 Å². The Morgan fingerprint density at radius 3 is 2.69 bits per heavy atom. The maximum absolute atomic E-state index is 10.7. The van der Waals surface area contributed by atoms with E-state index in [0.717, 1.165) is 16.6 Å². The number of aliphatic carboxylic acids is 1. The minimum absolute atomic E-state index is 0.0557. The van der Waals surface area contributed by atoms with Gasteiger partial charge in [0.1, 0.15) is 17.9 Å². The van der Waals surface area contributed by atoms with Gasteiger partial charge in [-0.1, -0.05) is 48.2 Å². The molecule has 0 aliphatic rings. The Morgan fingerprint density at radius 2 is 1.86 bits per heavy atom. The van der Waals surface area contributed by atoms with E-state index in [1.807, 2.05) is 65.2 Å². The van der Waals surface area contributed by atoms with Crippen LogP contribution in [-0.2, 0) is 11.4 Å². The number of para-hydroxylation sites is 2. The monoisotopic (exact) mass is 405 g/mol. The number of carboxylic acids is 1. The van der Waals surface area contributed by atoms with Crippen LogP contribution in [-0.4, -0.2) is 31.5 Å². The standard InChI is InChI=1S/C21H18N4O3S/c26-19(27)11-13-29-21-24-23-18(25(21)16-8-2-1-3-9-16)14-28-17-10-4-6-15-7-5-12-22-20(15)17/h1-10,12H,11,13-14H2,(H,26,27)/p-1. The second-order valence-corrected chi connectivity index (χ2v) is 7.22. The van der Waals surface area contributed by atoms with Gasteiger partial charge in [-0.3, -0.25) is 9.55 Å². The Morgan fingerprint density at radius 1 is 1.03 bits per heavy atom. The van der Waals surface area contributed by atoms with Crippen LogP contribution >= 0.6 is 11.8 Å². The van der Waals surface area contributed by atoms with Crippen LogP contribution in [0.3, 0.4) is 0 Å². The van der Waals surface area contributed by atoms with E-state index in [1.54, 1.807) is 6.20 Å². The number of hydrogen-bond acceptors (Lipinski definition) is 7. The number of fused-ring (bicyclic) bond motifs is 1. The number of carbonyl (C=O) groups excluding carboxylic acids is 1. The second-order valence-electron chi connectivity index (χ2n) is 6.16. The molecule has 2 aromatic carbocycles. The third-order valence-electron chi connectivity index (χ3n) is 4.20. The van der Waals surface area contributed by atoms with Crippen molar-refractivity contribution in [3.63, 3.8) is 0 Å². The van der Waals surface area contributed by atoms with Crippen molar-refractivity contribution in [3.8, 4) is 11.4 Å². The average molecular weight is 405 g/mol. The highest BCUT2D eigenvalue weighted by molar-refractivity contribution is 7.99. The van der Waals surface area contributed by atoms with Crippen LogP contribution in [0.1, 0.15) is 12.2 Å². The molecule has 4 aromatic rings. The summed E-state index contributed by atoms with van der Waals surface area (Å²) in [5.41, 5.74) is 1.66. The smallest absolute Gasteiger partial charge is 0.195 e. The molecule has 0 radical (unpaired) electrons. The van der Waals surface area contributed by atoms with Crippen molar-refractivity contribution < 1.29 is 14.6 Å². The van der Waals surface area contributed by atoms with Crippen LogP contribution in [0.4, 0.5) is 0 Å². The maximum atomic E-state index is 10.7. The van der Waals surface area contributed by atoms with E-state index >= 15 is 0 Å². The molecule has 0 atom stereocenters. The van der Waals surface area contributed by atoms with E-state index in [0.29, 0.717) is 22.5 Å². The number of rotatable bonds is 8. The number of ether oxygens (including phenoxy) is 1. The van der Waals surface area contributed by atoms with E-state index in [9.17, 15) is 9.90 Å². The Kier molecular flexibility index (Phi) is 5.71. The molecule has 2 aromatic heterocycles. The average Bonchev–Trinajstić information content (AvgIpc) is 3.15. The molecule has 0 N–H and O–H groups in total. The van der Waals surface area contributed by atoms with Gasteiger partial charge in [0.05, 0.1) is 0 Å².